The van der Waals surface area contributed by atoms with Gasteiger partial charge in [0.25, 0.3) is 0 Å². The molecule has 0 aliphatic carbocycles. The summed E-state index contributed by atoms with van der Waals surface area (Å²) >= 11 is 0. The smallest absolute Gasteiger partial charge is 0.315 e. The van der Waals surface area contributed by atoms with Crippen LogP contribution in [0.5, 0.6) is 0 Å². The Morgan fingerprint density at radius 3 is 2.62 bits per heavy atom. The zero-order valence-corrected chi connectivity index (χ0v) is 14.4. The number of nitrogens with zero attached hydrogens (tertiary/aromatic N) is 1. The largest absolute Gasteiger partial charge is 0.378 e. The molecule has 7 heteroatoms. The molecule has 3 atom stereocenters. The van der Waals surface area contributed by atoms with Crippen molar-refractivity contribution < 1.29 is 14.3 Å². The Bertz CT molecular complexity index is 552. The standard InChI is InChI=1S/C17H26N4O3/c1-4-18-17(23)20-14-10-21(11-15(14)24-3)12(2)16(22)19-13-8-6-5-7-9-13/h5-9,12,14-15H,4,10-11H2,1-3H3,(H,19,22)(H2,18,20,23)/t12-,14-,15-/m0/s1. The van der Waals surface area contributed by atoms with Crippen molar-refractivity contribution >= 4 is 17.6 Å². The lowest BCUT2D eigenvalue weighted by Gasteiger charge is -2.23. The van der Waals surface area contributed by atoms with Crippen molar-refractivity contribution in [3.05, 3.63) is 30.3 Å². The zero-order valence-electron chi connectivity index (χ0n) is 14.4. The van der Waals surface area contributed by atoms with Gasteiger partial charge in [-0.25, -0.2) is 4.79 Å². The van der Waals surface area contributed by atoms with Gasteiger partial charge in [-0.05, 0) is 26.0 Å². The average Bonchev–Trinajstić information content (AvgIpc) is 2.98. The van der Waals surface area contributed by atoms with Gasteiger partial charge in [0.15, 0.2) is 0 Å². The second kappa shape index (κ2) is 8.65. The summed E-state index contributed by atoms with van der Waals surface area (Å²) in [5.74, 6) is -0.0743. The zero-order chi connectivity index (χ0) is 17.5. The van der Waals surface area contributed by atoms with Gasteiger partial charge in [-0.3, -0.25) is 9.69 Å². The third-order valence-corrected chi connectivity index (χ3v) is 4.22. The van der Waals surface area contributed by atoms with Crippen LogP contribution in [-0.2, 0) is 9.53 Å². The first-order valence-electron chi connectivity index (χ1n) is 8.22. The molecule has 7 nitrogen and oxygen atoms in total. The molecule has 24 heavy (non-hydrogen) atoms. The number of urea groups is 1. The monoisotopic (exact) mass is 334 g/mol. The number of hydrogen-bond donors (Lipinski definition) is 3. The van der Waals surface area contributed by atoms with Crippen LogP contribution in [0.25, 0.3) is 0 Å². The van der Waals surface area contributed by atoms with Crippen LogP contribution in [0, 0.1) is 0 Å². The quantitative estimate of drug-likeness (QED) is 0.726. The highest BCUT2D eigenvalue weighted by Gasteiger charge is 2.37. The van der Waals surface area contributed by atoms with Crippen molar-refractivity contribution in [1.29, 1.82) is 0 Å². The molecule has 3 amide bonds. The Morgan fingerprint density at radius 2 is 2.00 bits per heavy atom. The van der Waals surface area contributed by atoms with Gasteiger partial charge in [-0.15, -0.1) is 0 Å². The minimum atomic E-state index is -0.316. The predicted molar refractivity (Wildman–Crippen MR) is 92.9 cm³/mol. The lowest BCUT2D eigenvalue weighted by molar-refractivity contribution is -0.120. The third kappa shape index (κ3) is 4.69. The summed E-state index contributed by atoms with van der Waals surface area (Å²) in [7, 11) is 1.62. The Hall–Kier alpha value is -2.12. The van der Waals surface area contributed by atoms with Crippen molar-refractivity contribution in [1.82, 2.24) is 15.5 Å². The maximum absolute atomic E-state index is 12.4. The van der Waals surface area contributed by atoms with Gasteiger partial charge in [0.1, 0.15) is 0 Å². The molecular formula is C17H26N4O3. The normalized spacial score (nSPS) is 22.0. The first kappa shape index (κ1) is 18.2. The van der Waals surface area contributed by atoms with Crippen molar-refractivity contribution in [3.63, 3.8) is 0 Å². The van der Waals surface area contributed by atoms with Gasteiger partial charge in [0.2, 0.25) is 5.91 Å². The van der Waals surface area contributed by atoms with E-state index < -0.39 is 0 Å². The molecule has 0 aromatic heterocycles. The van der Waals surface area contributed by atoms with E-state index in [1.165, 1.54) is 0 Å². The minimum absolute atomic E-state index is 0.0743. The van der Waals surface area contributed by atoms with E-state index in [9.17, 15) is 9.59 Å². The fourth-order valence-corrected chi connectivity index (χ4v) is 2.81. The number of likely N-dealkylation sites (tertiary alicyclic amines) is 1. The van der Waals surface area contributed by atoms with Gasteiger partial charge >= 0.3 is 6.03 Å². The summed E-state index contributed by atoms with van der Waals surface area (Å²) in [5, 5.41) is 8.53. The summed E-state index contributed by atoms with van der Waals surface area (Å²) in [5.41, 5.74) is 0.772. The highest BCUT2D eigenvalue weighted by atomic mass is 16.5. The maximum atomic E-state index is 12.4. The van der Waals surface area contributed by atoms with Gasteiger partial charge < -0.3 is 20.7 Å². The molecular weight excluding hydrogens is 308 g/mol. The van der Waals surface area contributed by atoms with E-state index in [4.69, 9.17) is 4.74 Å². The average molecular weight is 334 g/mol. The first-order valence-corrected chi connectivity index (χ1v) is 8.22. The highest BCUT2D eigenvalue weighted by molar-refractivity contribution is 5.94. The Kier molecular flexibility index (Phi) is 6.57. The van der Waals surface area contributed by atoms with Crippen LogP contribution in [0.1, 0.15) is 13.8 Å². The van der Waals surface area contributed by atoms with E-state index in [1.807, 2.05) is 49.1 Å². The molecule has 0 unspecified atom stereocenters. The molecule has 1 aromatic carbocycles. The van der Waals surface area contributed by atoms with Gasteiger partial charge in [0.05, 0.1) is 18.2 Å². The van der Waals surface area contributed by atoms with Crippen molar-refractivity contribution in [2.45, 2.75) is 32.0 Å². The Balaban J connectivity index is 1.93. The van der Waals surface area contributed by atoms with Gasteiger partial charge in [0, 0.05) is 32.4 Å². The Labute approximate surface area is 142 Å². The predicted octanol–water partition coefficient (Wildman–Crippen LogP) is 1.03. The molecule has 1 aliphatic heterocycles. The van der Waals surface area contributed by atoms with E-state index in [2.05, 4.69) is 16.0 Å². The van der Waals surface area contributed by atoms with E-state index >= 15 is 0 Å². The number of carbonyl (C=O) groups is 2. The first-order chi connectivity index (χ1) is 11.5. The van der Waals surface area contributed by atoms with Crippen LogP contribution in [0.2, 0.25) is 0 Å². The number of ether oxygens (including phenoxy) is 1. The van der Waals surface area contributed by atoms with E-state index in [-0.39, 0.29) is 30.1 Å². The molecule has 1 aromatic rings. The third-order valence-electron chi connectivity index (χ3n) is 4.22. The molecule has 0 radical (unpaired) electrons. The number of benzene rings is 1. The SMILES string of the molecule is CCNC(=O)N[C@H]1CN([C@@H](C)C(=O)Nc2ccccc2)C[C@@H]1OC. The Morgan fingerprint density at radius 1 is 1.29 bits per heavy atom. The number of hydrogen-bond acceptors (Lipinski definition) is 4. The number of methoxy groups -OCH3 is 1. The summed E-state index contributed by atoms with van der Waals surface area (Å²) in [6, 6.07) is 8.69. The molecule has 1 fully saturated rings. The van der Waals surface area contributed by atoms with E-state index in [0.29, 0.717) is 19.6 Å². The number of carbonyl (C=O) groups excluding carboxylic acids is 2. The van der Waals surface area contributed by atoms with Crippen molar-refractivity contribution in [3.8, 4) is 0 Å². The molecule has 1 aliphatic rings. The maximum Gasteiger partial charge on any atom is 0.315 e. The number of anilines is 1. The molecule has 1 saturated heterocycles. The van der Waals surface area contributed by atoms with Gasteiger partial charge in [-0.1, -0.05) is 18.2 Å². The van der Waals surface area contributed by atoms with Crippen molar-refractivity contribution in [2.75, 3.05) is 32.1 Å². The molecule has 0 saturated carbocycles. The summed E-state index contributed by atoms with van der Waals surface area (Å²) in [6.07, 6.45) is -0.139. The highest BCUT2D eigenvalue weighted by Crippen LogP contribution is 2.17. The lowest BCUT2D eigenvalue weighted by atomic mass is 10.2. The number of rotatable bonds is 6. The molecule has 1 heterocycles. The fraction of sp³-hybridized carbons (Fsp3) is 0.529. The minimum Gasteiger partial charge on any atom is -0.378 e. The number of amides is 3. The van der Waals surface area contributed by atoms with Crippen molar-refractivity contribution in [2.24, 2.45) is 0 Å². The number of nitrogens with one attached hydrogen (secondary N) is 3. The second-order valence-corrected chi connectivity index (χ2v) is 5.87. The molecule has 3 N–H and O–H groups in total. The van der Waals surface area contributed by atoms with Crippen LogP contribution >= 0.6 is 0 Å². The summed E-state index contributed by atoms with van der Waals surface area (Å²) in [6.45, 7) is 5.45. The molecule has 0 spiro atoms. The van der Waals surface area contributed by atoms with Crippen LogP contribution in [0.4, 0.5) is 10.5 Å². The molecule has 0 bridgehead atoms. The molecule has 132 valence electrons. The van der Waals surface area contributed by atoms with E-state index in [1.54, 1.807) is 7.11 Å². The summed E-state index contributed by atoms with van der Waals surface area (Å²) < 4.78 is 5.47. The topological polar surface area (TPSA) is 82.7 Å². The fourth-order valence-electron chi connectivity index (χ4n) is 2.81. The van der Waals surface area contributed by atoms with Crippen LogP contribution in [0.3, 0.4) is 0 Å². The molecule has 2 rings (SSSR count). The number of para-hydroxylation sites is 1. The second-order valence-electron chi connectivity index (χ2n) is 5.87. The lowest BCUT2D eigenvalue weighted by Crippen LogP contribution is -2.48. The van der Waals surface area contributed by atoms with Crippen LogP contribution < -0.4 is 16.0 Å². The summed E-state index contributed by atoms with van der Waals surface area (Å²) in [4.78, 5) is 26.2. The van der Waals surface area contributed by atoms with Crippen LogP contribution in [-0.4, -0.2) is 61.8 Å². The van der Waals surface area contributed by atoms with Gasteiger partial charge in [-0.2, -0.15) is 0 Å². The van der Waals surface area contributed by atoms with E-state index in [0.717, 1.165) is 5.69 Å². The van der Waals surface area contributed by atoms with Crippen LogP contribution in [0.15, 0.2) is 30.3 Å².